The van der Waals surface area contributed by atoms with Crippen LogP contribution in [0.5, 0.6) is 0 Å². The Kier molecular flexibility index (Phi) is 4.97. The molecule has 0 aliphatic carbocycles. The van der Waals surface area contributed by atoms with Crippen molar-refractivity contribution in [3.05, 3.63) is 35.9 Å². The van der Waals surface area contributed by atoms with Gasteiger partial charge in [-0.1, -0.05) is 50.6 Å². The summed E-state index contributed by atoms with van der Waals surface area (Å²) in [6, 6.07) is 13.4. The third-order valence-electron chi connectivity index (χ3n) is 5.47. The molecule has 0 saturated carbocycles. The topological polar surface area (TPSA) is 15.3 Å². The van der Waals surface area contributed by atoms with E-state index in [1.54, 1.807) is 0 Å². The Balaban J connectivity index is 1.65. The molecule has 3 rings (SSSR count). The van der Waals surface area contributed by atoms with Gasteiger partial charge in [0.1, 0.15) is 0 Å². The minimum atomic E-state index is 0.644. The summed E-state index contributed by atoms with van der Waals surface area (Å²) in [5, 5.41) is 3.69. The molecule has 2 saturated heterocycles. The monoisotopic (exact) mass is 286 g/mol. The standard InChI is InChI=1S/C19H30N2/c1-3-20-17-12-18-10-7-11-19(13-17)21(18)14-15(2)16-8-5-4-6-9-16/h4-6,8-9,15,17-20H,3,7,10-14H2,1-2H3. The summed E-state index contributed by atoms with van der Waals surface area (Å²) in [5.41, 5.74) is 1.49. The van der Waals surface area contributed by atoms with Crippen molar-refractivity contribution in [1.82, 2.24) is 10.2 Å². The van der Waals surface area contributed by atoms with Gasteiger partial charge in [0, 0.05) is 24.7 Å². The van der Waals surface area contributed by atoms with Crippen molar-refractivity contribution in [2.24, 2.45) is 0 Å². The highest BCUT2D eigenvalue weighted by atomic mass is 15.2. The minimum absolute atomic E-state index is 0.644. The van der Waals surface area contributed by atoms with Crippen LogP contribution in [0.25, 0.3) is 0 Å². The Morgan fingerprint density at radius 1 is 1.14 bits per heavy atom. The fraction of sp³-hybridized carbons (Fsp3) is 0.684. The number of hydrogen-bond acceptors (Lipinski definition) is 2. The Hall–Kier alpha value is -0.860. The van der Waals surface area contributed by atoms with Crippen LogP contribution >= 0.6 is 0 Å². The van der Waals surface area contributed by atoms with Gasteiger partial charge < -0.3 is 5.32 Å². The van der Waals surface area contributed by atoms with E-state index in [1.165, 1.54) is 44.2 Å². The summed E-state index contributed by atoms with van der Waals surface area (Å²) in [6.07, 6.45) is 6.95. The molecule has 0 amide bonds. The van der Waals surface area contributed by atoms with E-state index in [4.69, 9.17) is 0 Å². The van der Waals surface area contributed by atoms with E-state index in [0.717, 1.165) is 24.7 Å². The molecule has 2 aliphatic rings. The second kappa shape index (κ2) is 6.93. The SMILES string of the molecule is CCNC1CC2CCCC(C1)N2CC(C)c1ccccc1. The van der Waals surface area contributed by atoms with E-state index in [2.05, 4.69) is 54.4 Å². The number of fused-ring (bicyclic) bond motifs is 2. The predicted molar refractivity (Wildman–Crippen MR) is 89.7 cm³/mol. The fourth-order valence-corrected chi connectivity index (χ4v) is 4.44. The van der Waals surface area contributed by atoms with E-state index >= 15 is 0 Å². The number of nitrogens with zero attached hydrogens (tertiary/aromatic N) is 1. The van der Waals surface area contributed by atoms with Crippen LogP contribution in [0.2, 0.25) is 0 Å². The average Bonchev–Trinajstić information content (AvgIpc) is 2.49. The maximum absolute atomic E-state index is 3.69. The van der Waals surface area contributed by atoms with Gasteiger partial charge in [-0.05, 0) is 43.7 Å². The van der Waals surface area contributed by atoms with Crippen LogP contribution < -0.4 is 5.32 Å². The molecule has 2 nitrogen and oxygen atoms in total. The summed E-state index contributed by atoms with van der Waals surface area (Å²) in [7, 11) is 0. The number of benzene rings is 1. The van der Waals surface area contributed by atoms with Crippen molar-refractivity contribution < 1.29 is 0 Å². The molecule has 2 aliphatic heterocycles. The lowest BCUT2D eigenvalue weighted by atomic mass is 9.81. The van der Waals surface area contributed by atoms with Crippen molar-refractivity contribution >= 4 is 0 Å². The van der Waals surface area contributed by atoms with Gasteiger partial charge in [0.25, 0.3) is 0 Å². The lowest BCUT2D eigenvalue weighted by Gasteiger charge is -2.50. The first-order chi connectivity index (χ1) is 10.3. The van der Waals surface area contributed by atoms with Crippen molar-refractivity contribution in [2.45, 2.75) is 70.0 Å². The van der Waals surface area contributed by atoms with E-state index in [9.17, 15) is 0 Å². The van der Waals surface area contributed by atoms with Crippen LogP contribution in [0.3, 0.4) is 0 Å². The average molecular weight is 286 g/mol. The second-order valence-electron chi connectivity index (χ2n) is 6.97. The molecule has 0 spiro atoms. The van der Waals surface area contributed by atoms with E-state index in [0.29, 0.717) is 5.92 Å². The predicted octanol–water partition coefficient (Wildman–Crippen LogP) is 3.79. The quantitative estimate of drug-likeness (QED) is 0.886. The largest absolute Gasteiger partial charge is 0.314 e. The normalized spacial score (nSPS) is 31.0. The third-order valence-corrected chi connectivity index (χ3v) is 5.47. The smallest absolute Gasteiger partial charge is 0.0113 e. The summed E-state index contributed by atoms with van der Waals surface area (Å²) < 4.78 is 0. The van der Waals surface area contributed by atoms with Crippen molar-refractivity contribution in [1.29, 1.82) is 0 Å². The zero-order chi connectivity index (χ0) is 14.7. The van der Waals surface area contributed by atoms with E-state index in [1.807, 2.05) is 0 Å². The Bertz CT molecular complexity index is 416. The van der Waals surface area contributed by atoms with Gasteiger partial charge in [-0.3, -0.25) is 4.90 Å². The summed E-state index contributed by atoms with van der Waals surface area (Å²) in [4.78, 5) is 2.84. The fourth-order valence-electron chi connectivity index (χ4n) is 4.44. The van der Waals surface area contributed by atoms with Crippen molar-refractivity contribution in [3.8, 4) is 0 Å². The summed E-state index contributed by atoms with van der Waals surface area (Å²) >= 11 is 0. The zero-order valence-corrected chi connectivity index (χ0v) is 13.6. The van der Waals surface area contributed by atoms with Gasteiger partial charge in [0.15, 0.2) is 0 Å². The highest BCUT2D eigenvalue weighted by molar-refractivity contribution is 5.19. The molecular formula is C19H30N2. The molecule has 2 bridgehead atoms. The van der Waals surface area contributed by atoms with Gasteiger partial charge in [-0.2, -0.15) is 0 Å². The highest BCUT2D eigenvalue weighted by Gasteiger charge is 2.38. The summed E-state index contributed by atoms with van der Waals surface area (Å²) in [5.74, 6) is 0.644. The van der Waals surface area contributed by atoms with Gasteiger partial charge in [0.2, 0.25) is 0 Å². The molecule has 2 fully saturated rings. The molecule has 1 N–H and O–H groups in total. The van der Waals surface area contributed by atoms with E-state index < -0.39 is 0 Å². The molecule has 0 aromatic heterocycles. The van der Waals surface area contributed by atoms with Crippen LogP contribution in [-0.4, -0.2) is 36.1 Å². The number of piperidine rings is 2. The highest BCUT2D eigenvalue weighted by Crippen LogP contribution is 2.35. The molecule has 3 atom stereocenters. The Morgan fingerprint density at radius 2 is 1.81 bits per heavy atom. The molecule has 116 valence electrons. The molecule has 21 heavy (non-hydrogen) atoms. The van der Waals surface area contributed by atoms with E-state index in [-0.39, 0.29) is 0 Å². The van der Waals surface area contributed by atoms with Crippen LogP contribution in [0.1, 0.15) is 57.4 Å². The molecule has 1 aromatic rings. The maximum Gasteiger partial charge on any atom is 0.0113 e. The maximum atomic E-state index is 3.69. The van der Waals surface area contributed by atoms with Gasteiger partial charge in [-0.25, -0.2) is 0 Å². The lowest BCUT2D eigenvalue weighted by Crippen LogP contribution is -2.56. The van der Waals surface area contributed by atoms with Gasteiger partial charge in [-0.15, -0.1) is 0 Å². The van der Waals surface area contributed by atoms with Gasteiger partial charge in [0.05, 0.1) is 0 Å². The molecule has 0 radical (unpaired) electrons. The molecule has 3 unspecified atom stereocenters. The van der Waals surface area contributed by atoms with Crippen molar-refractivity contribution in [3.63, 3.8) is 0 Å². The molecule has 2 heteroatoms. The zero-order valence-electron chi connectivity index (χ0n) is 13.6. The van der Waals surface area contributed by atoms with Crippen LogP contribution in [0.15, 0.2) is 30.3 Å². The first-order valence-electron chi connectivity index (χ1n) is 8.82. The van der Waals surface area contributed by atoms with Crippen molar-refractivity contribution in [2.75, 3.05) is 13.1 Å². The minimum Gasteiger partial charge on any atom is -0.314 e. The summed E-state index contributed by atoms with van der Waals surface area (Å²) in [6.45, 7) is 6.98. The molecule has 2 heterocycles. The molecule has 1 aromatic carbocycles. The lowest BCUT2D eigenvalue weighted by molar-refractivity contribution is 0.0211. The Morgan fingerprint density at radius 3 is 2.43 bits per heavy atom. The first kappa shape index (κ1) is 15.1. The van der Waals surface area contributed by atoms with Gasteiger partial charge >= 0.3 is 0 Å². The number of rotatable bonds is 5. The number of hydrogen-bond donors (Lipinski definition) is 1. The first-order valence-corrected chi connectivity index (χ1v) is 8.82. The van der Waals surface area contributed by atoms with Crippen LogP contribution in [0.4, 0.5) is 0 Å². The van der Waals surface area contributed by atoms with Crippen LogP contribution in [0, 0.1) is 0 Å². The Labute approximate surface area is 129 Å². The second-order valence-corrected chi connectivity index (χ2v) is 6.97. The van der Waals surface area contributed by atoms with Crippen LogP contribution in [-0.2, 0) is 0 Å². The number of nitrogens with one attached hydrogen (secondary N) is 1. The molecular weight excluding hydrogens is 256 g/mol. The third kappa shape index (κ3) is 3.49.